The molecule has 2 N–H and O–H groups in total. The normalized spacial score (nSPS) is 11.2. The summed E-state index contributed by atoms with van der Waals surface area (Å²) in [5.41, 5.74) is 1.79. The van der Waals surface area contributed by atoms with Crippen LogP contribution in [0.25, 0.3) is 11.3 Å². The fourth-order valence-electron chi connectivity index (χ4n) is 1.85. The molecule has 0 fully saturated rings. The quantitative estimate of drug-likeness (QED) is 0.637. The molecule has 0 aliphatic carbocycles. The van der Waals surface area contributed by atoms with E-state index in [-0.39, 0.29) is 12.5 Å². The van der Waals surface area contributed by atoms with Gasteiger partial charge in [0.05, 0.1) is 13.1 Å². The maximum absolute atomic E-state index is 11.5. The molecule has 1 aromatic carbocycles. The molecule has 1 heterocycles. The first-order valence-corrected chi connectivity index (χ1v) is 7.26. The highest BCUT2D eigenvalue weighted by Crippen LogP contribution is 2.18. The Kier molecular flexibility index (Phi) is 5.74. The number of rotatable bonds is 5. The monoisotopic (exact) mass is 315 g/mol. The number of likely N-dealkylation sites (N-methyl/N-ethyl adjacent to an activating group) is 1. The van der Waals surface area contributed by atoms with E-state index in [4.69, 9.17) is 4.52 Å². The first kappa shape index (κ1) is 16.5. The lowest BCUT2D eigenvalue weighted by atomic mass is 10.1. The second-order valence-electron chi connectivity index (χ2n) is 5.11. The van der Waals surface area contributed by atoms with Crippen LogP contribution in [0.5, 0.6) is 0 Å². The summed E-state index contributed by atoms with van der Waals surface area (Å²) in [5, 5.41) is 10.1. The summed E-state index contributed by atoms with van der Waals surface area (Å²) in [5.74, 6) is 1.18. The number of hydrogen-bond acceptors (Lipinski definition) is 4. The summed E-state index contributed by atoms with van der Waals surface area (Å²) in [6.45, 7) is 0.605. The van der Waals surface area contributed by atoms with Crippen LogP contribution in [-0.4, -0.2) is 49.6 Å². The average molecular weight is 315 g/mol. The van der Waals surface area contributed by atoms with Crippen LogP contribution in [0.15, 0.2) is 45.9 Å². The third-order valence-electron chi connectivity index (χ3n) is 3.19. The van der Waals surface area contributed by atoms with Crippen molar-refractivity contribution in [3.05, 3.63) is 42.2 Å². The molecule has 0 bridgehead atoms. The molecule has 0 unspecified atom stereocenters. The zero-order valence-corrected chi connectivity index (χ0v) is 13.5. The van der Waals surface area contributed by atoms with E-state index in [0.29, 0.717) is 18.3 Å². The average Bonchev–Trinajstić information content (AvgIpc) is 3.04. The van der Waals surface area contributed by atoms with Gasteiger partial charge in [-0.1, -0.05) is 35.5 Å². The smallest absolute Gasteiger partial charge is 0.241 e. The van der Waals surface area contributed by atoms with Crippen molar-refractivity contribution in [1.82, 2.24) is 20.7 Å². The van der Waals surface area contributed by atoms with Gasteiger partial charge in [-0.3, -0.25) is 9.79 Å². The summed E-state index contributed by atoms with van der Waals surface area (Å²) in [7, 11) is 5.06. The van der Waals surface area contributed by atoms with E-state index >= 15 is 0 Å². The lowest BCUT2D eigenvalue weighted by Gasteiger charge is -2.13. The summed E-state index contributed by atoms with van der Waals surface area (Å²) < 4.78 is 5.31. The lowest BCUT2D eigenvalue weighted by molar-refractivity contribution is -0.127. The van der Waals surface area contributed by atoms with Gasteiger partial charge in [0.2, 0.25) is 5.91 Å². The van der Waals surface area contributed by atoms with Gasteiger partial charge in [-0.2, -0.15) is 0 Å². The molecule has 0 aliphatic rings. The second-order valence-corrected chi connectivity index (χ2v) is 5.11. The fourth-order valence-corrected chi connectivity index (χ4v) is 1.85. The van der Waals surface area contributed by atoms with E-state index in [2.05, 4.69) is 20.8 Å². The number of carbonyl (C=O) groups excluding carboxylic acids is 1. The van der Waals surface area contributed by atoms with E-state index < -0.39 is 0 Å². The van der Waals surface area contributed by atoms with Crippen LogP contribution in [0.3, 0.4) is 0 Å². The summed E-state index contributed by atoms with van der Waals surface area (Å²) in [6, 6.07) is 11.7. The Morgan fingerprint density at radius 1 is 1.26 bits per heavy atom. The molecule has 7 nitrogen and oxygen atoms in total. The minimum atomic E-state index is -0.0287. The van der Waals surface area contributed by atoms with E-state index in [1.807, 2.05) is 36.4 Å². The van der Waals surface area contributed by atoms with Gasteiger partial charge in [0.1, 0.15) is 5.69 Å². The molecule has 2 rings (SSSR count). The van der Waals surface area contributed by atoms with E-state index in [9.17, 15) is 4.79 Å². The number of hydrogen-bond donors (Lipinski definition) is 2. The molecule has 23 heavy (non-hydrogen) atoms. The molecule has 7 heteroatoms. The van der Waals surface area contributed by atoms with Gasteiger partial charge in [0, 0.05) is 32.8 Å². The first-order chi connectivity index (χ1) is 11.1. The van der Waals surface area contributed by atoms with Crippen LogP contribution in [0, 0.1) is 0 Å². The minimum Gasteiger partial charge on any atom is -0.359 e. The van der Waals surface area contributed by atoms with E-state index in [0.717, 1.165) is 11.3 Å². The van der Waals surface area contributed by atoms with Crippen molar-refractivity contribution in [3.63, 3.8) is 0 Å². The van der Waals surface area contributed by atoms with Crippen LogP contribution in [-0.2, 0) is 11.3 Å². The van der Waals surface area contributed by atoms with Crippen LogP contribution in [0.1, 0.15) is 5.76 Å². The van der Waals surface area contributed by atoms with Crippen LogP contribution in [0.4, 0.5) is 0 Å². The molecule has 2 aromatic rings. The third kappa shape index (κ3) is 4.84. The van der Waals surface area contributed by atoms with Crippen molar-refractivity contribution >= 4 is 11.9 Å². The molecule has 0 radical (unpaired) electrons. The van der Waals surface area contributed by atoms with Gasteiger partial charge in [-0.15, -0.1) is 0 Å². The maximum Gasteiger partial charge on any atom is 0.241 e. The Labute approximate surface area is 135 Å². The highest BCUT2D eigenvalue weighted by molar-refractivity contribution is 5.86. The van der Waals surface area contributed by atoms with Crippen molar-refractivity contribution in [2.75, 3.05) is 27.7 Å². The van der Waals surface area contributed by atoms with Gasteiger partial charge in [-0.25, -0.2) is 0 Å². The first-order valence-electron chi connectivity index (χ1n) is 7.26. The Balaban J connectivity index is 1.88. The predicted molar refractivity (Wildman–Crippen MR) is 88.8 cm³/mol. The number of aliphatic imine (C=N–C) groups is 1. The Morgan fingerprint density at radius 3 is 2.65 bits per heavy atom. The van der Waals surface area contributed by atoms with E-state index in [1.165, 1.54) is 4.90 Å². The maximum atomic E-state index is 11.5. The number of nitrogens with zero attached hydrogens (tertiary/aromatic N) is 3. The molecule has 122 valence electrons. The van der Waals surface area contributed by atoms with Crippen LogP contribution >= 0.6 is 0 Å². The van der Waals surface area contributed by atoms with Gasteiger partial charge in [0.15, 0.2) is 11.7 Å². The molecule has 0 aliphatic heterocycles. The molecule has 1 aromatic heterocycles. The summed E-state index contributed by atoms with van der Waals surface area (Å²) in [6.07, 6.45) is 0. The van der Waals surface area contributed by atoms with Crippen molar-refractivity contribution in [3.8, 4) is 11.3 Å². The van der Waals surface area contributed by atoms with Gasteiger partial charge in [0.25, 0.3) is 0 Å². The van der Waals surface area contributed by atoms with Gasteiger partial charge in [-0.05, 0) is 0 Å². The number of nitrogens with one attached hydrogen (secondary N) is 2. The second kappa shape index (κ2) is 7.98. The zero-order valence-electron chi connectivity index (χ0n) is 13.5. The minimum absolute atomic E-state index is 0.0287. The Hall–Kier alpha value is -2.83. The highest BCUT2D eigenvalue weighted by atomic mass is 16.5. The molecular formula is C16H21N5O2. The SMILES string of the molecule is CN=C(NCC(=O)N(C)C)NCc1cc(-c2ccccc2)no1. The van der Waals surface area contributed by atoms with E-state index in [1.54, 1.807) is 21.1 Å². The number of benzene rings is 1. The third-order valence-corrected chi connectivity index (χ3v) is 3.19. The number of guanidine groups is 1. The number of amides is 1. The fraction of sp³-hybridized carbons (Fsp3) is 0.312. The Morgan fingerprint density at radius 2 is 2.00 bits per heavy atom. The van der Waals surface area contributed by atoms with Crippen molar-refractivity contribution in [2.24, 2.45) is 4.99 Å². The van der Waals surface area contributed by atoms with Crippen molar-refractivity contribution < 1.29 is 9.32 Å². The molecule has 0 atom stereocenters. The Bertz CT molecular complexity index is 664. The van der Waals surface area contributed by atoms with Crippen molar-refractivity contribution in [1.29, 1.82) is 0 Å². The van der Waals surface area contributed by atoms with Crippen LogP contribution in [0.2, 0.25) is 0 Å². The standard InChI is InChI=1S/C16H21N5O2/c1-17-16(19-11-15(22)21(2)3)18-10-13-9-14(20-23-13)12-7-5-4-6-8-12/h4-9H,10-11H2,1-3H3,(H2,17,18,19). The number of aromatic nitrogens is 1. The molecule has 0 saturated carbocycles. The molecule has 0 spiro atoms. The highest BCUT2D eigenvalue weighted by Gasteiger charge is 2.08. The van der Waals surface area contributed by atoms with Crippen molar-refractivity contribution in [2.45, 2.75) is 6.54 Å². The van der Waals surface area contributed by atoms with Gasteiger partial charge < -0.3 is 20.1 Å². The summed E-state index contributed by atoms with van der Waals surface area (Å²) in [4.78, 5) is 17.1. The van der Waals surface area contributed by atoms with Crippen LogP contribution < -0.4 is 10.6 Å². The largest absolute Gasteiger partial charge is 0.359 e. The molecule has 1 amide bonds. The predicted octanol–water partition coefficient (Wildman–Crippen LogP) is 1.09. The zero-order chi connectivity index (χ0) is 16.7. The summed E-state index contributed by atoms with van der Waals surface area (Å²) >= 11 is 0. The van der Waals surface area contributed by atoms with Gasteiger partial charge >= 0.3 is 0 Å². The number of carbonyl (C=O) groups is 1. The lowest BCUT2D eigenvalue weighted by Crippen LogP contribution is -2.42. The molecular weight excluding hydrogens is 294 g/mol. The topological polar surface area (TPSA) is 82.8 Å². The molecule has 0 saturated heterocycles.